The number of pyridine rings is 1. The fraction of sp³-hybridized carbons (Fsp3) is 0.538. The molecule has 0 aliphatic heterocycles. The molecule has 1 aromatic heterocycles. The molecular formula is C13H22N4O2. The highest BCUT2D eigenvalue weighted by molar-refractivity contribution is 5.93. The zero-order valence-electron chi connectivity index (χ0n) is 11.6. The van der Waals surface area contributed by atoms with Gasteiger partial charge in [-0.3, -0.25) is 10.4 Å². The molecule has 0 spiro atoms. The number of anilines is 1. The SMILES string of the molecule is COCCCN(CCOC)c1ccc(C(=N)N)nc1. The minimum Gasteiger partial charge on any atom is -0.385 e. The normalized spacial score (nSPS) is 10.4. The molecule has 0 radical (unpaired) electrons. The van der Waals surface area contributed by atoms with Gasteiger partial charge in [-0.2, -0.15) is 0 Å². The summed E-state index contributed by atoms with van der Waals surface area (Å²) in [4.78, 5) is 6.35. The number of nitrogens with zero attached hydrogens (tertiary/aromatic N) is 2. The van der Waals surface area contributed by atoms with E-state index in [4.69, 9.17) is 20.6 Å². The van der Waals surface area contributed by atoms with Crippen LogP contribution in [-0.2, 0) is 9.47 Å². The maximum absolute atomic E-state index is 7.32. The van der Waals surface area contributed by atoms with Crippen LogP contribution in [-0.4, -0.2) is 51.3 Å². The second-order valence-corrected chi connectivity index (χ2v) is 4.14. The Bertz CT molecular complexity index is 381. The zero-order chi connectivity index (χ0) is 14.1. The topological polar surface area (TPSA) is 84.5 Å². The summed E-state index contributed by atoms with van der Waals surface area (Å²) in [5, 5.41) is 7.32. The highest BCUT2D eigenvalue weighted by Crippen LogP contribution is 2.13. The molecule has 3 N–H and O–H groups in total. The van der Waals surface area contributed by atoms with E-state index in [-0.39, 0.29) is 5.84 Å². The minimum absolute atomic E-state index is 0.0191. The molecule has 0 saturated carbocycles. The van der Waals surface area contributed by atoms with Gasteiger partial charge in [0, 0.05) is 33.9 Å². The predicted octanol–water partition coefficient (Wildman–Crippen LogP) is 0.855. The number of amidine groups is 1. The van der Waals surface area contributed by atoms with Crippen molar-refractivity contribution in [1.29, 1.82) is 5.41 Å². The fourth-order valence-corrected chi connectivity index (χ4v) is 1.70. The second-order valence-electron chi connectivity index (χ2n) is 4.14. The Morgan fingerprint density at radius 3 is 2.53 bits per heavy atom. The lowest BCUT2D eigenvalue weighted by Gasteiger charge is -2.24. The molecule has 0 atom stereocenters. The summed E-state index contributed by atoms with van der Waals surface area (Å²) in [6.45, 7) is 3.05. The van der Waals surface area contributed by atoms with Crippen molar-refractivity contribution in [3.05, 3.63) is 24.0 Å². The Balaban J connectivity index is 2.68. The summed E-state index contributed by atoms with van der Waals surface area (Å²) in [5.41, 5.74) is 6.88. The van der Waals surface area contributed by atoms with Crippen molar-refractivity contribution in [3.63, 3.8) is 0 Å². The molecule has 0 amide bonds. The monoisotopic (exact) mass is 266 g/mol. The van der Waals surface area contributed by atoms with E-state index in [1.165, 1.54) is 0 Å². The molecule has 0 aromatic carbocycles. The van der Waals surface area contributed by atoms with Crippen molar-refractivity contribution < 1.29 is 9.47 Å². The lowest BCUT2D eigenvalue weighted by Crippen LogP contribution is -2.29. The molecule has 1 rings (SSSR count). The van der Waals surface area contributed by atoms with E-state index in [1.807, 2.05) is 6.07 Å². The van der Waals surface area contributed by atoms with Crippen LogP contribution in [0.4, 0.5) is 5.69 Å². The lowest BCUT2D eigenvalue weighted by atomic mass is 10.2. The number of nitrogens with one attached hydrogen (secondary N) is 1. The van der Waals surface area contributed by atoms with Crippen LogP contribution >= 0.6 is 0 Å². The third kappa shape index (κ3) is 5.23. The molecule has 0 saturated heterocycles. The molecule has 6 nitrogen and oxygen atoms in total. The number of nitrogens with two attached hydrogens (primary N) is 1. The maximum atomic E-state index is 7.32. The molecule has 19 heavy (non-hydrogen) atoms. The number of nitrogen functional groups attached to an aromatic ring is 1. The first-order chi connectivity index (χ1) is 9.19. The van der Waals surface area contributed by atoms with Crippen molar-refractivity contribution in [2.75, 3.05) is 45.4 Å². The van der Waals surface area contributed by atoms with Crippen LogP contribution in [0.1, 0.15) is 12.1 Å². The summed E-state index contributed by atoms with van der Waals surface area (Å²) in [6.07, 6.45) is 2.67. The van der Waals surface area contributed by atoms with Crippen LogP contribution in [0.3, 0.4) is 0 Å². The van der Waals surface area contributed by atoms with Crippen LogP contribution in [0.2, 0.25) is 0 Å². The van der Waals surface area contributed by atoms with E-state index in [9.17, 15) is 0 Å². The summed E-state index contributed by atoms with van der Waals surface area (Å²) < 4.78 is 10.2. The first-order valence-electron chi connectivity index (χ1n) is 6.22. The molecule has 0 aliphatic carbocycles. The average molecular weight is 266 g/mol. The molecule has 6 heteroatoms. The van der Waals surface area contributed by atoms with Crippen LogP contribution in [0, 0.1) is 5.41 Å². The van der Waals surface area contributed by atoms with Crippen molar-refractivity contribution in [2.24, 2.45) is 5.73 Å². The Hall–Kier alpha value is -1.66. The van der Waals surface area contributed by atoms with Gasteiger partial charge in [0.15, 0.2) is 0 Å². The van der Waals surface area contributed by atoms with Crippen molar-refractivity contribution in [3.8, 4) is 0 Å². The summed E-state index contributed by atoms with van der Waals surface area (Å²) >= 11 is 0. The average Bonchev–Trinajstić information content (AvgIpc) is 2.43. The largest absolute Gasteiger partial charge is 0.385 e. The molecular weight excluding hydrogens is 244 g/mol. The van der Waals surface area contributed by atoms with E-state index in [1.54, 1.807) is 26.5 Å². The number of rotatable bonds is 9. The molecule has 1 heterocycles. The van der Waals surface area contributed by atoms with Gasteiger partial charge in [0.1, 0.15) is 11.5 Å². The summed E-state index contributed by atoms with van der Waals surface area (Å²) in [5.74, 6) is -0.0191. The maximum Gasteiger partial charge on any atom is 0.141 e. The Labute approximate surface area is 114 Å². The van der Waals surface area contributed by atoms with Gasteiger partial charge in [-0.05, 0) is 18.6 Å². The van der Waals surface area contributed by atoms with E-state index < -0.39 is 0 Å². The molecule has 1 aromatic rings. The first kappa shape index (κ1) is 15.4. The van der Waals surface area contributed by atoms with Crippen LogP contribution in [0.25, 0.3) is 0 Å². The first-order valence-corrected chi connectivity index (χ1v) is 6.22. The minimum atomic E-state index is -0.0191. The van der Waals surface area contributed by atoms with E-state index >= 15 is 0 Å². The van der Waals surface area contributed by atoms with Crippen molar-refractivity contribution >= 4 is 11.5 Å². The Morgan fingerprint density at radius 2 is 2.00 bits per heavy atom. The fourth-order valence-electron chi connectivity index (χ4n) is 1.70. The van der Waals surface area contributed by atoms with E-state index in [0.29, 0.717) is 12.3 Å². The molecule has 0 unspecified atom stereocenters. The van der Waals surface area contributed by atoms with Crippen LogP contribution < -0.4 is 10.6 Å². The zero-order valence-corrected chi connectivity index (χ0v) is 11.6. The number of ether oxygens (including phenoxy) is 2. The number of hydrogen-bond donors (Lipinski definition) is 2. The third-order valence-electron chi connectivity index (χ3n) is 2.73. The molecule has 0 fully saturated rings. The van der Waals surface area contributed by atoms with Gasteiger partial charge in [0.25, 0.3) is 0 Å². The van der Waals surface area contributed by atoms with Crippen molar-refractivity contribution in [2.45, 2.75) is 6.42 Å². The van der Waals surface area contributed by atoms with Crippen LogP contribution in [0.15, 0.2) is 18.3 Å². The second kappa shape index (κ2) is 8.44. The quantitative estimate of drug-likeness (QED) is 0.393. The van der Waals surface area contributed by atoms with Gasteiger partial charge in [0.05, 0.1) is 18.5 Å². The number of hydrogen-bond acceptors (Lipinski definition) is 5. The van der Waals surface area contributed by atoms with Gasteiger partial charge >= 0.3 is 0 Å². The summed E-state index contributed by atoms with van der Waals surface area (Å²) in [6, 6.07) is 3.68. The molecule has 0 aliphatic rings. The predicted molar refractivity (Wildman–Crippen MR) is 75.8 cm³/mol. The van der Waals surface area contributed by atoms with Gasteiger partial charge in [-0.1, -0.05) is 0 Å². The van der Waals surface area contributed by atoms with Gasteiger partial charge in [0.2, 0.25) is 0 Å². The lowest BCUT2D eigenvalue weighted by molar-refractivity contribution is 0.191. The van der Waals surface area contributed by atoms with E-state index in [2.05, 4.69) is 9.88 Å². The Morgan fingerprint density at radius 1 is 1.26 bits per heavy atom. The molecule has 0 bridgehead atoms. The van der Waals surface area contributed by atoms with Gasteiger partial charge in [-0.25, -0.2) is 0 Å². The highest BCUT2D eigenvalue weighted by atomic mass is 16.5. The van der Waals surface area contributed by atoms with E-state index in [0.717, 1.165) is 31.8 Å². The number of aromatic nitrogens is 1. The van der Waals surface area contributed by atoms with Crippen molar-refractivity contribution in [1.82, 2.24) is 4.98 Å². The summed E-state index contributed by atoms with van der Waals surface area (Å²) in [7, 11) is 3.38. The van der Waals surface area contributed by atoms with Gasteiger partial charge < -0.3 is 20.1 Å². The third-order valence-corrected chi connectivity index (χ3v) is 2.73. The molecule has 106 valence electrons. The highest BCUT2D eigenvalue weighted by Gasteiger charge is 2.07. The standard InChI is InChI=1S/C13H22N4O2/c1-18-8-3-6-17(7-9-19-2)11-4-5-12(13(14)15)16-10-11/h4-5,10H,3,6-9H2,1-2H3,(H3,14,15). The number of methoxy groups -OCH3 is 2. The van der Waals surface area contributed by atoms with Gasteiger partial charge in [-0.15, -0.1) is 0 Å². The smallest absolute Gasteiger partial charge is 0.141 e. The Kier molecular flexibility index (Phi) is 6.84. The van der Waals surface area contributed by atoms with Crippen LogP contribution in [0.5, 0.6) is 0 Å².